The van der Waals surface area contributed by atoms with Crippen molar-refractivity contribution in [3.63, 3.8) is 0 Å². The monoisotopic (exact) mass is 455 g/mol. The van der Waals surface area contributed by atoms with Crippen molar-refractivity contribution in [1.29, 1.82) is 0 Å². The van der Waals surface area contributed by atoms with Gasteiger partial charge in [-0.1, -0.05) is 0 Å². The predicted octanol–water partition coefficient (Wildman–Crippen LogP) is 2.27. The summed E-state index contributed by atoms with van der Waals surface area (Å²) in [5, 5.41) is 9.37. The van der Waals surface area contributed by atoms with Crippen molar-refractivity contribution in [2.45, 2.75) is 24.8 Å². The third-order valence-corrected chi connectivity index (χ3v) is 6.90. The number of nitrogens with zero attached hydrogens (tertiary/aromatic N) is 3. The second-order valence-electron chi connectivity index (χ2n) is 7.37. The smallest absolute Gasteiger partial charge is 0.251 e. The molecule has 0 aliphatic carbocycles. The summed E-state index contributed by atoms with van der Waals surface area (Å²) in [7, 11) is -2.12. The maximum atomic E-state index is 12.5. The number of amides is 2. The lowest BCUT2D eigenvalue weighted by Crippen LogP contribution is -2.33. The zero-order valence-electron chi connectivity index (χ0n) is 18.0. The van der Waals surface area contributed by atoms with Crippen LogP contribution in [0.1, 0.15) is 24.2 Å². The third kappa shape index (κ3) is 5.40. The molecule has 0 saturated heterocycles. The molecule has 0 spiro atoms. The quantitative estimate of drug-likeness (QED) is 0.541. The summed E-state index contributed by atoms with van der Waals surface area (Å²) < 4.78 is 28.0. The first-order valence-electron chi connectivity index (χ1n) is 9.94. The molecule has 9 nitrogen and oxygen atoms in total. The van der Waals surface area contributed by atoms with Gasteiger partial charge in [-0.25, -0.2) is 13.1 Å². The number of carbonyl (C=O) groups is 2. The fourth-order valence-corrected chi connectivity index (χ4v) is 4.18. The van der Waals surface area contributed by atoms with Crippen molar-refractivity contribution in [2.75, 3.05) is 18.9 Å². The molecule has 2 aromatic carbocycles. The van der Waals surface area contributed by atoms with Gasteiger partial charge in [-0.3, -0.25) is 9.59 Å². The Labute approximate surface area is 187 Å². The fraction of sp³-hybridized carbons (Fsp3) is 0.227. The van der Waals surface area contributed by atoms with E-state index in [2.05, 4.69) is 15.7 Å². The summed E-state index contributed by atoms with van der Waals surface area (Å²) in [4.78, 5) is 24.6. The Bertz CT molecular complexity index is 1170. The van der Waals surface area contributed by atoms with Gasteiger partial charge in [0.05, 0.1) is 17.1 Å². The second kappa shape index (κ2) is 9.75. The van der Waals surface area contributed by atoms with E-state index < -0.39 is 15.9 Å². The van der Waals surface area contributed by atoms with Gasteiger partial charge in [0.25, 0.3) is 5.91 Å². The molecule has 3 aromatic rings. The molecule has 0 bridgehead atoms. The van der Waals surface area contributed by atoms with Gasteiger partial charge >= 0.3 is 0 Å². The predicted molar refractivity (Wildman–Crippen MR) is 121 cm³/mol. The highest BCUT2D eigenvalue weighted by molar-refractivity contribution is 7.89. The second-order valence-corrected chi connectivity index (χ2v) is 9.37. The lowest BCUT2D eigenvalue weighted by molar-refractivity contribution is -0.115. The topological polar surface area (TPSA) is 113 Å². The molecule has 32 heavy (non-hydrogen) atoms. The van der Waals surface area contributed by atoms with Crippen LogP contribution in [0.3, 0.4) is 0 Å². The summed E-state index contributed by atoms with van der Waals surface area (Å²) >= 11 is 0. The van der Waals surface area contributed by atoms with Crippen molar-refractivity contribution in [3.8, 4) is 5.69 Å². The highest BCUT2D eigenvalue weighted by atomic mass is 32.2. The molecular weight excluding hydrogens is 430 g/mol. The standard InChI is InChI=1S/C22H25N5O4S/c1-16(2)26(3)32(30,31)20-11-5-17(6-12-20)22(29)23-15-21(28)25-18-7-9-19(10-8-18)27-14-4-13-24-27/h4-14,16H,15H2,1-3H3,(H,23,29)(H,25,28). The summed E-state index contributed by atoms with van der Waals surface area (Å²) in [5.41, 5.74) is 1.70. The van der Waals surface area contributed by atoms with Crippen LogP contribution in [0.2, 0.25) is 0 Å². The van der Waals surface area contributed by atoms with Gasteiger partial charge in [0.1, 0.15) is 0 Å². The Hall–Kier alpha value is -3.50. The molecular formula is C22H25N5O4S. The minimum atomic E-state index is -3.63. The van der Waals surface area contributed by atoms with Crippen LogP contribution in [-0.2, 0) is 14.8 Å². The molecule has 0 fully saturated rings. The Balaban J connectivity index is 1.54. The molecule has 168 valence electrons. The van der Waals surface area contributed by atoms with Crippen LogP contribution in [0.5, 0.6) is 0 Å². The minimum absolute atomic E-state index is 0.0987. The number of hydrogen-bond donors (Lipinski definition) is 2. The highest BCUT2D eigenvalue weighted by Crippen LogP contribution is 2.17. The van der Waals surface area contributed by atoms with Gasteiger partial charge in [-0.05, 0) is 68.4 Å². The molecule has 3 rings (SSSR count). The number of carbonyl (C=O) groups excluding carboxylic acids is 2. The van der Waals surface area contributed by atoms with Gasteiger partial charge in [0.15, 0.2) is 0 Å². The zero-order valence-corrected chi connectivity index (χ0v) is 18.8. The average Bonchev–Trinajstić information content (AvgIpc) is 3.32. The van der Waals surface area contributed by atoms with Crippen LogP contribution >= 0.6 is 0 Å². The molecule has 10 heteroatoms. The molecule has 0 aliphatic heterocycles. The Morgan fingerprint density at radius 3 is 2.28 bits per heavy atom. The summed E-state index contributed by atoms with van der Waals surface area (Å²) in [6.45, 7) is 3.33. The lowest BCUT2D eigenvalue weighted by Gasteiger charge is -2.21. The SMILES string of the molecule is CC(C)N(C)S(=O)(=O)c1ccc(C(=O)NCC(=O)Nc2ccc(-n3cccn3)cc2)cc1. The number of benzene rings is 2. The van der Waals surface area contributed by atoms with E-state index in [1.54, 1.807) is 36.9 Å². The van der Waals surface area contributed by atoms with E-state index in [0.29, 0.717) is 5.69 Å². The number of anilines is 1. The first-order valence-corrected chi connectivity index (χ1v) is 11.4. The lowest BCUT2D eigenvalue weighted by atomic mass is 10.2. The molecule has 0 aliphatic rings. The number of aromatic nitrogens is 2. The Morgan fingerprint density at radius 2 is 1.72 bits per heavy atom. The number of hydrogen-bond acceptors (Lipinski definition) is 5. The molecule has 1 heterocycles. The highest BCUT2D eigenvalue weighted by Gasteiger charge is 2.23. The fourth-order valence-electron chi connectivity index (χ4n) is 2.81. The van der Waals surface area contributed by atoms with Gasteiger partial charge in [-0.15, -0.1) is 0 Å². The molecule has 0 radical (unpaired) electrons. The molecule has 0 saturated carbocycles. The van der Waals surface area contributed by atoms with E-state index in [4.69, 9.17) is 0 Å². The molecule has 0 atom stereocenters. The van der Waals surface area contributed by atoms with Crippen LogP contribution in [0.4, 0.5) is 5.69 Å². The van der Waals surface area contributed by atoms with E-state index in [0.717, 1.165) is 5.69 Å². The maximum absolute atomic E-state index is 12.5. The Kier molecular flexibility index (Phi) is 7.06. The number of rotatable bonds is 8. The summed E-state index contributed by atoms with van der Waals surface area (Å²) in [6.07, 6.45) is 3.49. The first kappa shape index (κ1) is 23.2. The first-order chi connectivity index (χ1) is 15.2. The maximum Gasteiger partial charge on any atom is 0.251 e. The third-order valence-electron chi connectivity index (χ3n) is 4.85. The van der Waals surface area contributed by atoms with Crippen molar-refractivity contribution in [1.82, 2.24) is 19.4 Å². The van der Waals surface area contributed by atoms with Crippen molar-refractivity contribution in [3.05, 3.63) is 72.6 Å². The van der Waals surface area contributed by atoms with E-state index in [1.807, 2.05) is 24.4 Å². The van der Waals surface area contributed by atoms with Gasteiger partial charge < -0.3 is 10.6 Å². The number of sulfonamides is 1. The summed E-state index contributed by atoms with van der Waals surface area (Å²) in [5.74, 6) is -0.863. The minimum Gasteiger partial charge on any atom is -0.343 e. The van der Waals surface area contributed by atoms with E-state index in [-0.39, 0.29) is 29.0 Å². The van der Waals surface area contributed by atoms with Gasteiger partial charge in [-0.2, -0.15) is 9.40 Å². The van der Waals surface area contributed by atoms with Crippen LogP contribution in [0.15, 0.2) is 71.9 Å². The molecule has 1 aromatic heterocycles. The molecule has 0 unspecified atom stereocenters. The van der Waals surface area contributed by atoms with Crippen LogP contribution in [0, 0.1) is 0 Å². The zero-order chi connectivity index (χ0) is 23.3. The molecule has 2 N–H and O–H groups in total. The normalized spacial score (nSPS) is 11.5. The summed E-state index contributed by atoms with van der Waals surface area (Å²) in [6, 6.07) is 14.3. The van der Waals surface area contributed by atoms with Crippen LogP contribution < -0.4 is 10.6 Å². The van der Waals surface area contributed by atoms with E-state index >= 15 is 0 Å². The largest absolute Gasteiger partial charge is 0.343 e. The van der Waals surface area contributed by atoms with Crippen molar-refractivity contribution in [2.24, 2.45) is 0 Å². The van der Waals surface area contributed by atoms with Crippen LogP contribution in [0.25, 0.3) is 5.69 Å². The number of nitrogens with one attached hydrogen (secondary N) is 2. The van der Waals surface area contributed by atoms with Crippen molar-refractivity contribution >= 4 is 27.5 Å². The molecule has 2 amide bonds. The average molecular weight is 456 g/mol. The van der Waals surface area contributed by atoms with E-state index in [9.17, 15) is 18.0 Å². The van der Waals surface area contributed by atoms with Gasteiger partial charge in [0.2, 0.25) is 15.9 Å². The van der Waals surface area contributed by atoms with E-state index in [1.165, 1.54) is 35.6 Å². The van der Waals surface area contributed by atoms with Crippen LogP contribution in [-0.4, -0.2) is 54.0 Å². The Morgan fingerprint density at radius 1 is 1.06 bits per heavy atom. The van der Waals surface area contributed by atoms with Crippen molar-refractivity contribution < 1.29 is 18.0 Å². The van der Waals surface area contributed by atoms with Gasteiger partial charge in [0, 0.05) is 36.7 Å².